The van der Waals surface area contributed by atoms with E-state index in [-0.39, 0.29) is 0 Å². The summed E-state index contributed by atoms with van der Waals surface area (Å²) in [6, 6.07) is 15.9. The molecule has 2 aliphatic heterocycles. The Morgan fingerprint density at radius 3 is 2.86 bits per heavy atom. The predicted octanol–water partition coefficient (Wildman–Crippen LogP) is 4.58. The van der Waals surface area contributed by atoms with Gasteiger partial charge < -0.3 is 10.6 Å². The summed E-state index contributed by atoms with van der Waals surface area (Å²) < 4.78 is 0. The Balaban J connectivity index is 1.67. The Bertz CT molecular complexity index is 677. The van der Waals surface area contributed by atoms with Crippen LogP contribution < -0.4 is 10.6 Å². The van der Waals surface area contributed by atoms with Crippen LogP contribution in [0.1, 0.15) is 42.4 Å². The molecule has 2 heteroatoms. The number of para-hydroxylation sites is 1. The average Bonchev–Trinajstić information content (AvgIpc) is 2.55. The Morgan fingerprint density at radius 2 is 1.91 bits per heavy atom. The zero-order valence-electron chi connectivity index (χ0n) is 13.1. The molecule has 1 radical (unpaired) electrons. The van der Waals surface area contributed by atoms with Crippen LogP contribution in [0.4, 0.5) is 11.4 Å². The van der Waals surface area contributed by atoms with E-state index in [0.29, 0.717) is 12.0 Å². The molecule has 2 nitrogen and oxygen atoms in total. The molecule has 4 rings (SSSR count). The van der Waals surface area contributed by atoms with Gasteiger partial charge in [-0.2, -0.15) is 0 Å². The van der Waals surface area contributed by atoms with Crippen molar-refractivity contribution in [2.24, 2.45) is 0 Å². The van der Waals surface area contributed by atoms with Gasteiger partial charge in [0.1, 0.15) is 0 Å². The largest absolute Gasteiger partial charge is 0.385 e. The van der Waals surface area contributed by atoms with E-state index in [1.165, 1.54) is 40.9 Å². The van der Waals surface area contributed by atoms with Gasteiger partial charge in [-0.25, -0.2) is 0 Å². The van der Waals surface area contributed by atoms with Gasteiger partial charge in [-0.1, -0.05) is 30.3 Å². The second kappa shape index (κ2) is 5.68. The summed E-state index contributed by atoms with van der Waals surface area (Å²) >= 11 is 0. The third-order valence-corrected chi connectivity index (χ3v) is 4.88. The lowest BCUT2D eigenvalue weighted by Crippen LogP contribution is -2.26. The number of fused-ring (bicyclic) bond motifs is 2. The van der Waals surface area contributed by atoms with Gasteiger partial charge in [0, 0.05) is 24.0 Å². The maximum absolute atomic E-state index is 3.61. The highest BCUT2D eigenvalue weighted by Crippen LogP contribution is 2.39. The summed E-state index contributed by atoms with van der Waals surface area (Å²) in [5.74, 6) is 0.501. The fraction of sp³-hybridized carbons (Fsp3) is 0.350. The van der Waals surface area contributed by atoms with E-state index in [4.69, 9.17) is 0 Å². The lowest BCUT2D eigenvalue weighted by Gasteiger charge is -2.32. The highest BCUT2D eigenvalue weighted by atomic mass is 14.9. The zero-order chi connectivity index (χ0) is 14.9. The third-order valence-electron chi connectivity index (χ3n) is 4.88. The van der Waals surface area contributed by atoms with Gasteiger partial charge in [0.15, 0.2) is 0 Å². The quantitative estimate of drug-likeness (QED) is 0.846. The van der Waals surface area contributed by atoms with Crippen LogP contribution in [0.3, 0.4) is 0 Å². The van der Waals surface area contributed by atoms with E-state index in [1.807, 2.05) is 0 Å². The van der Waals surface area contributed by atoms with Crippen LogP contribution >= 0.6 is 0 Å². The lowest BCUT2D eigenvalue weighted by atomic mass is 9.81. The van der Waals surface area contributed by atoms with Gasteiger partial charge in [0.2, 0.25) is 0 Å². The van der Waals surface area contributed by atoms with E-state index in [9.17, 15) is 0 Å². The van der Waals surface area contributed by atoms with Gasteiger partial charge in [-0.15, -0.1) is 0 Å². The van der Waals surface area contributed by atoms with E-state index in [1.54, 1.807) is 0 Å². The summed E-state index contributed by atoms with van der Waals surface area (Å²) in [4.78, 5) is 0. The third kappa shape index (κ3) is 2.47. The molecule has 0 aromatic heterocycles. The predicted molar refractivity (Wildman–Crippen MR) is 93.5 cm³/mol. The van der Waals surface area contributed by atoms with Crippen molar-refractivity contribution in [2.45, 2.75) is 38.1 Å². The van der Waals surface area contributed by atoms with Crippen LogP contribution in [0.15, 0.2) is 42.5 Å². The molecule has 113 valence electrons. The van der Waals surface area contributed by atoms with Gasteiger partial charge in [0.25, 0.3) is 0 Å². The first-order valence-corrected chi connectivity index (χ1v) is 8.37. The van der Waals surface area contributed by atoms with Crippen molar-refractivity contribution >= 4 is 11.4 Å². The Hall–Kier alpha value is -1.96. The van der Waals surface area contributed by atoms with E-state index in [0.717, 1.165) is 13.0 Å². The molecule has 0 spiro atoms. The molecule has 0 aliphatic carbocycles. The second-order valence-corrected chi connectivity index (χ2v) is 6.55. The number of benzene rings is 2. The summed E-state index contributed by atoms with van der Waals surface area (Å²) in [5.41, 5.74) is 6.97. The Morgan fingerprint density at radius 1 is 1.05 bits per heavy atom. The highest BCUT2D eigenvalue weighted by molar-refractivity contribution is 5.61. The molecule has 22 heavy (non-hydrogen) atoms. The van der Waals surface area contributed by atoms with Gasteiger partial charge in [0.05, 0.1) is 0 Å². The van der Waals surface area contributed by atoms with E-state index in [2.05, 4.69) is 66.4 Å². The molecule has 0 fully saturated rings. The minimum atomic E-state index is 0.501. The highest BCUT2D eigenvalue weighted by Gasteiger charge is 2.25. The van der Waals surface area contributed by atoms with Crippen LogP contribution in [0.5, 0.6) is 0 Å². The molecule has 0 bridgehead atoms. The Labute approximate surface area is 132 Å². The molecule has 2 N–H and O–H groups in total. The monoisotopic (exact) mass is 291 g/mol. The molecular weight excluding hydrogens is 268 g/mol. The van der Waals surface area contributed by atoms with Crippen LogP contribution in [-0.4, -0.2) is 12.6 Å². The van der Waals surface area contributed by atoms with Gasteiger partial charge in [-0.3, -0.25) is 0 Å². The first kappa shape index (κ1) is 13.7. The first-order chi connectivity index (χ1) is 10.8. The molecule has 2 aliphatic rings. The van der Waals surface area contributed by atoms with Crippen molar-refractivity contribution in [2.75, 3.05) is 17.2 Å². The van der Waals surface area contributed by atoms with Crippen LogP contribution in [-0.2, 0) is 6.42 Å². The zero-order valence-corrected chi connectivity index (χ0v) is 13.1. The van der Waals surface area contributed by atoms with Crippen LogP contribution in [0, 0.1) is 6.42 Å². The van der Waals surface area contributed by atoms with Gasteiger partial charge >= 0.3 is 0 Å². The molecule has 2 aromatic carbocycles. The summed E-state index contributed by atoms with van der Waals surface area (Å²) in [6.07, 6.45) is 6.07. The fourth-order valence-corrected chi connectivity index (χ4v) is 3.85. The molecule has 0 amide bonds. The van der Waals surface area contributed by atoms with Gasteiger partial charge in [-0.05, 0) is 67.3 Å². The summed E-state index contributed by atoms with van der Waals surface area (Å²) in [6.45, 7) is 3.38. The van der Waals surface area contributed by atoms with Crippen LogP contribution in [0.25, 0.3) is 0 Å². The number of anilines is 2. The minimum absolute atomic E-state index is 0.501. The van der Waals surface area contributed by atoms with Crippen molar-refractivity contribution in [1.29, 1.82) is 0 Å². The van der Waals surface area contributed by atoms with E-state index < -0.39 is 0 Å². The molecule has 0 saturated heterocycles. The molecule has 2 heterocycles. The van der Waals surface area contributed by atoms with Crippen molar-refractivity contribution < 1.29 is 0 Å². The van der Waals surface area contributed by atoms with Crippen LogP contribution in [0.2, 0.25) is 0 Å². The summed E-state index contributed by atoms with van der Waals surface area (Å²) in [5, 5.41) is 7.14. The smallest absolute Gasteiger partial charge is 0.0377 e. The number of rotatable bonds is 2. The number of nitrogens with one attached hydrogen (secondary N) is 2. The maximum atomic E-state index is 3.61. The second-order valence-electron chi connectivity index (χ2n) is 6.55. The standard InChI is InChI=1S/C20H23N2/c1-14-12-16(18-7-2-3-9-20(18)22-14)13-15-6-4-10-19-17(15)8-5-11-21-19/h2-4,6-7,9-10,13-14,16,21-22H,5,8,11-12H2,1H3. The van der Waals surface area contributed by atoms with Crippen molar-refractivity contribution in [3.63, 3.8) is 0 Å². The van der Waals surface area contributed by atoms with E-state index >= 15 is 0 Å². The molecular formula is C20H23N2. The van der Waals surface area contributed by atoms with Crippen molar-refractivity contribution in [1.82, 2.24) is 0 Å². The molecule has 2 aromatic rings. The Kier molecular flexibility index (Phi) is 3.53. The average molecular weight is 291 g/mol. The molecule has 2 atom stereocenters. The molecule has 2 unspecified atom stereocenters. The topological polar surface area (TPSA) is 24.1 Å². The summed E-state index contributed by atoms with van der Waals surface area (Å²) in [7, 11) is 0. The first-order valence-electron chi connectivity index (χ1n) is 8.37. The normalized spacial score (nSPS) is 23.0. The number of hydrogen-bond acceptors (Lipinski definition) is 2. The molecule has 0 saturated carbocycles. The lowest BCUT2D eigenvalue weighted by molar-refractivity contribution is 0.607. The minimum Gasteiger partial charge on any atom is -0.385 e. The number of hydrogen-bond donors (Lipinski definition) is 2. The van der Waals surface area contributed by atoms with Crippen molar-refractivity contribution in [3.8, 4) is 0 Å². The van der Waals surface area contributed by atoms with Crippen molar-refractivity contribution in [3.05, 3.63) is 65.6 Å². The maximum Gasteiger partial charge on any atom is 0.0377 e. The fourth-order valence-electron chi connectivity index (χ4n) is 3.85. The SMILES string of the molecule is CC1CC([CH]c2cccc3c2CCCN3)c2ccccc2N1.